The maximum Gasteiger partial charge on any atom is 0.245 e. The van der Waals surface area contributed by atoms with Crippen molar-refractivity contribution < 1.29 is 9.53 Å². The van der Waals surface area contributed by atoms with Crippen molar-refractivity contribution in [2.75, 3.05) is 12.4 Å². The highest BCUT2D eigenvalue weighted by molar-refractivity contribution is 7.10. The van der Waals surface area contributed by atoms with Gasteiger partial charge in [0, 0.05) is 16.6 Å². The number of ether oxygens (including phenoxy) is 1. The summed E-state index contributed by atoms with van der Waals surface area (Å²) >= 11 is 1.52. The molecule has 1 atom stereocenters. The molecule has 1 aromatic carbocycles. The molecule has 0 bridgehead atoms. The molecule has 5 heteroatoms. The van der Waals surface area contributed by atoms with Crippen molar-refractivity contribution in [3.63, 3.8) is 0 Å². The van der Waals surface area contributed by atoms with Gasteiger partial charge in [0.2, 0.25) is 5.91 Å². The van der Waals surface area contributed by atoms with E-state index in [1.54, 1.807) is 7.11 Å². The SMILES string of the molecule is COc1cccc(NC(C(N)=O)c2sccc2C)c1. The van der Waals surface area contributed by atoms with Crippen LogP contribution in [0, 0.1) is 6.92 Å². The molecular formula is C14H16N2O2S. The summed E-state index contributed by atoms with van der Waals surface area (Å²) in [5.41, 5.74) is 7.35. The maximum absolute atomic E-state index is 11.6. The number of primary amides is 1. The lowest BCUT2D eigenvalue weighted by atomic mass is 10.1. The Bertz CT molecular complexity index is 580. The van der Waals surface area contributed by atoms with E-state index in [4.69, 9.17) is 10.5 Å². The number of hydrogen-bond acceptors (Lipinski definition) is 4. The van der Waals surface area contributed by atoms with Crippen LogP contribution in [0.15, 0.2) is 35.7 Å². The van der Waals surface area contributed by atoms with Crippen LogP contribution in [0.1, 0.15) is 16.5 Å². The van der Waals surface area contributed by atoms with Crippen molar-refractivity contribution in [1.82, 2.24) is 0 Å². The van der Waals surface area contributed by atoms with E-state index in [0.29, 0.717) is 0 Å². The second-order valence-corrected chi connectivity index (χ2v) is 5.13. The zero-order valence-corrected chi connectivity index (χ0v) is 11.7. The molecule has 0 fully saturated rings. The van der Waals surface area contributed by atoms with Crippen LogP contribution in [0.2, 0.25) is 0 Å². The molecule has 0 saturated carbocycles. The highest BCUT2D eigenvalue weighted by atomic mass is 32.1. The van der Waals surface area contributed by atoms with Gasteiger partial charge in [0.1, 0.15) is 11.8 Å². The van der Waals surface area contributed by atoms with Crippen LogP contribution in [0.3, 0.4) is 0 Å². The van der Waals surface area contributed by atoms with Crippen LogP contribution in [0.25, 0.3) is 0 Å². The summed E-state index contributed by atoms with van der Waals surface area (Å²) in [4.78, 5) is 12.6. The van der Waals surface area contributed by atoms with Gasteiger partial charge in [-0.25, -0.2) is 0 Å². The van der Waals surface area contributed by atoms with E-state index in [-0.39, 0.29) is 0 Å². The second-order valence-electron chi connectivity index (χ2n) is 4.18. The molecule has 2 rings (SSSR count). The third-order valence-electron chi connectivity index (χ3n) is 2.83. The number of methoxy groups -OCH3 is 1. The number of hydrogen-bond donors (Lipinski definition) is 2. The van der Waals surface area contributed by atoms with E-state index in [0.717, 1.165) is 21.9 Å². The maximum atomic E-state index is 11.6. The highest BCUT2D eigenvalue weighted by Crippen LogP contribution is 2.28. The predicted molar refractivity (Wildman–Crippen MR) is 77.6 cm³/mol. The molecule has 4 nitrogen and oxygen atoms in total. The van der Waals surface area contributed by atoms with Gasteiger partial charge in [-0.05, 0) is 36.1 Å². The normalized spacial score (nSPS) is 11.9. The van der Waals surface area contributed by atoms with Crippen LogP contribution in [0.5, 0.6) is 5.75 Å². The average molecular weight is 276 g/mol. The topological polar surface area (TPSA) is 64.3 Å². The van der Waals surface area contributed by atoms with Crippen LogP contribution in [-0.4, -0.2) is 13.0 Å². The Morgan fingerprint density at radius 1 is 1.42 bits per heavy atom. The lowest BCUT2D eigenvalue weighted by molar-refractivity contribution is -0.118. The average Bonchev–Trinajstić information content (AvgIpc) is 2.82. The molecule has 0 radical (unpaired) electrons. The number of thiophene rings is 1. The van der Waals surface area contributed by atoms with Gasteiger partial charge in [-0.15, -0.1) is 11.3 Å². The van der Waals surface area contributed by atoms with Crippen LogP contribution < -0.4 is 15.8 Å². The monoisotopic (exact) mass is 276 g/mol. The fourth-order valence-electron chi connectivity index (χ4n) is 1.83. The van der Waals surface area contributed by atoms with Gasteiger partial charge in [-0.1, -0.05) is 6.07 Å². The van der Waals surface area contributed by atoms with Gasteiger partial charge in [-0.3, -0.25) is 4.79 Å². The first-order chi connectivity index (χ1) is 9.11. The van der Waals surface area contributed by atoms with Gasteiger partial charge in [0.25, 0.3) is 0 Å². The molecule has 19 heavy (non-hydrogen) atoms. The third kappa shape index (κ3) is 3.06. The van der Waals surface area contributed by atoms with E-state index in [9.17, 15) is 4.79 Å². The van der Waals surface area contributed by atoms with Crippen molar-refractivity contribution in [2.45, 2.75) is 13.0 Å². The molecule has 0 saturated heterocycles. The highest BCUT2D eigenvalue weighted by Gasteiger charge is 2.20. The number of anilines is 1. The summed E-state index contributed by atoms with van der Waals surface area (Å²) in [6, 6.07) is 8.87. The largest absolute Gasteiger partial charge is 0.497 e. The van der Waals surface area contributed by atoms with Gasteiger partial charge >= 0.3 is 0 Å². The minimum Gasteiger partial charge on any atom is -0.497 e. The number of aryl methyl sites for hydroxylation is 1. The van der Waals surface area contributed by atoms with Crippen LogP contribution in [-0.2, 0) is 4.79 Å². The third-order valence-corrected chi connectivity index (χ3v) is 3.91. The van der Waals surface area contributed by atoms with Gasteiger partial charge in [0.15, 0.2) is 0 Å². The van der Waals surface area contributed by atoms with Gasteiger partial charge in [-0.2, -0.15) is 0 Å². The minimum absolute atomic E-state index is 0.395. The Morgan fingerprint density at radius 3 is 2.79 bits per heavy atom. The first-order valence-electron chi connectivity index (χ1n) is 5.85. The van der Waals surface area contributed by atoms with E-state index >= 15 is 0 Å². The number of nitrogens with one attached hydrogen (secondary N) is 1. The smallest absolute Gasteiger partial charge is 0.245 e. The molecule has 3 N–H and O–H groups in total. The lowest BCUT2D eigenvalue weighted by Gasteiger charge is -2.17. The summed E-state index contributed by atoms with van der Waals surface area (Å²) in [6.07, 6.45) is 0. The van der Waals surface area contributed by atoms with Crippen molar-refractivity contribution in [2.24, 2.45) is 5.73 Å². The van der Waals surface area contributed by atoms with Crippen LogP contribution in [0.4, 0.5) is 5.69 Å². The zero-order chi connectivity index (χ0) is 13.8. The fraction of sp³-hybridized carbons (Fsp3) is 0.214. The molecule has 0 aliphatic rings. The fourth-order valence-corrected chi connectivity index (χ4v) is 2.81. The summed E-state index contributed by atoms with van der Waals surface area (Å²) in [5, 5.41) is 5.10. The summed E-state index contributed by atoms with van der Waals surface area (Å²) < 4.78 is 5.16. The number of carbonyl (C=O) groups excluding carboxylic acids is 1. The Hall–Kier alpha value is -2.01. The van der Waals surface area contributed by atoms with Gasteiger partial charge < -0.3 is 15.8 Å². The van der Waals surface area contributed by atoms with Crippen LogP contribution >= 0.6 is 11.3 Å². The molecule has 1 heterocycles. The molecule has 1 amide bonds. The molecule has 100 valence electrons. The molecule has 1 unspecified atom stereocenters. The lowest BCUT2D eigenvalue weighted by Crippen LogP contribution is -2.27. The second kappa shape index (κ2) is 5.75. The van der Waals surface area contributed by atoms with E-state index in [1.165, 1.54) is 11.3 Å². The molecule has 0 spiro atoms. The van der Waals surface area contributed by atoms with E-state index < -0.39 is 11.9 Å². The Balaban J connectivity index is 2.27. The minimum atomic E-state index is -0.521. The summed E-state index contributed by atoms with van der Waals surface area (Å²) in [7, 11) is 1.61. The molecule has 1 aromatic heterocycles. The summed E-state index contributed by atoms with van der Waals surface area (Å²) in [5.74, 6) is 0.337. The van der Waals surface area contributed by atoms with E-state index in [2.05, 4.69) is 5.32 Å². The Kier molecular flexibility index (Phi) is 4.06. The first-order valence-corrected chi connectivity index (χ1v) is 6.73. The molecule has 0 aliphatic carbocycles. The quantitative estimate of drug-likeness (QED) is 0.882. The standard InChI is InChI=1S/C14H16N2O2S/c1-9-6-7-19-13(9)12(14(15)17)16-10-4-3-5-11(8-10)18-2/h3-8,12,16H,1-2H3,(H2,15,17). The molecular weight excluding hydrogens is 260 g/mol. The number of amides is 1. The molecule has 2 aromatic rings. The Morgan fingerprint density at radius 2 is 2.21 bits per heavy atom. The Labute approximate surface area is 116 Å². The van der Waals surface area contributed by atoms with Crippen molar-refractivity contribution >= 4 is 22.9 Å². The van der Waals surface area contributed by atoms with E-state index in [1.807, 2.05) is 42.6 Å². The van der Waals surface area contributed by atoms with Crippen molar-refractivity contribution in [3.8, 4) is 5.75 Å². The zero-order valence-electron chi connectivity index (χ0n) is 10.8. The molecule has 0 aliphatic heterocycles. The van der Waals surface area contributed by atoms with Crippen molar-refractivity contribution in [1.29, 1.82) is 0 Å². The number of benzene rings is 1. The summed E-state index contributed by atoms with van der Waals surface area (Å²) in [6.45, 7) is 1.97. The number of carbonyl (C=O) groups is 1. The predicted octanol–water partition coefficient (Wildman–Crippen LogP) is 2.70. The van der Waals surface area contributed by atoms with Gasteiger partial charge in [0.05, 0.1) is 7.11 Å². The number of nitrogens with two attached hydrogens (primary N) is 1. The number of rotatable bonds is 5. The van der Waals surface area contributed by atoms with Crippen molar-refractivity contribution in [3.05, 3.63) is 46.2 Å². The first kappa shape index (κ1) is 13.4.